The molecule has 0 spiro atoms. The van der Waals surface area contributed by atoms with Crippen LogP contribution in [-0.4, -0.2) is 46.2 Å². The lowest BCUT2D eigenvalue weighted by molar-refractivity contribution is -0.114. The summed E-state index contributed by atoms with van der Waals surface area (Å²) in [6.45, 7) is 3.05. The molecule has 0 saturated heterocycles. The standard InChI is InChI=1S/C25H26N2O7S/c1-16-11-17(2)13-18(12-16)27(15-24(28)26-21-8-6-5-7-20(21)25(29)30)35(31,32)19-9-10-22(33-3)23(14-19)34-4/h5-14H,15H2,1-4H3,(H,26,28)(H,29,30). The molecule has 0 saturated carbocycles. The lowest BCUT2D eigenvalue weighted by Gasteiger charge is -2.25. The van der Waals surface area contributed by atoms with Crippen LogP contribution >= 0.6 is 0 Å². The molecule has 9 nitrogen and oxygen atoms in total. The van der Waals surface area contributed by atoms with E-state index < -0.39 is 28.4 Å². The van der Waals surface area contributed by atoms with Crippen molar-refractivity contribution in [3.8, 4) is 11.5 Å². The van der Waals surface area contributed by atoms with Crippen molar-refractivity contribution in [2.24, 2.45) is 0 Å². The van der Waals surface area contributed by atoms with Crippen LogP contribution < -0.4 is 19.1 Å². The second-order valence-electron chi connectivity index (χ2n) is 7.77. The molecule has 10 heteroatoms. The molecular weight excluding hydrogens is 472 g/mol. The summed E-state index contributed by atoms with van der Waals surface area (Å²) in [7, 11) is -1.41. The summed E-state index contributed by atoms with van der Waals surface area (Å²) in [6.07, 6.45) is 0. The second kappa shape index (κ2) is 10.5. The van der Waals surface area contributed by atoms with Gasteiger partial charge in [-0.15, -0.1) is 0 Å². The number of rotatable bonds is 9. The number of amides is 1. The molecule has 0 aliphatic carbocycles. The van der Waals surface area contributed by atoms with Gasteiger partial charge in [0.05, 0.1) is 36.1 Å². The third-order valence-electron chi connectivity index (χ3n) is 5.16. The first-order valence-corrected chi connectivity index (χ1v) is 12.0. The topological polar surface area (TPSA) is 122 Å². The lowest BCUT2D eigenvalue weighted by atomic mass is 10.1. The molecular formula is C25H26N2O7S. The highest BCUT2D eigenvalue weighted by molar-refractivity contribution is 7.92. The molecule has 35 heavy (non-hydrogen) atoms. The van der Waals surface area contributed by atoms with Crippen molar-refractivity contribution in [3.63, 3.8) is 0 Å². The summed E-state index contributed by atoms with van der Waals surface area (Å²) < 4.78 is 38.9. The average molecular weight is 499 g/mol. The van der Waals surface area contributed by atoms with E-state index in [9.17, 15) is 23.1 Å². The Morgan fingerprint density at radius 2 is 1.54 bits per heavy atom. The molecule has 0 heterocycles. The number of carboxylic acid groups (broad SMARTS) is 1. The van der Waals surface area contributed by atoms with E-state index in [2.05, 4.69) is 5.32 Å². The van der Waals surface area contributed by atoms with Gasteiger partial charge in [-0.25, -0.2) is 13.2 Å². The first-order valence-electron chi connectivity index (χ1n) is 10.5. The highest BCUT2D eigenvalue weighted by Gasteiger charge is 2.29. The average Bonchev–Trinajstić information content (AvgIpc) is 2.81. The second-order valence-corrected chi connectivity index (χ2v) is 9.64. The van der Waals surface area contributed by atoms with Crippen LogP contribution in [0, 0.1) is 13.8 Å². The Bertz CT molecular complexity index is 1350. The third kappa shape index (κ3) is 5.72. The third-order valence-corrected chi connectivity index (χ3v) is 6.93. The molecule has 184 valence electrons. The van der Waals surface area contributed by atoms with Crippen molar-refractivity contribution in [3.05, 3.63) is 77.4 Å². The zero-order chi connectivity index (χ0) is 25.8. The molecule has 0 aliphatic heterocycles. The van der Waals surface area contributed by atoms with Gasteiger partial charge >= 0.3 is 5.97 Å². The number of hydrogen-bond acceptors (Lipinski definition) is 6. The van der Waals surface area contributed by atoms with Crippen molar-refractivity contribution in [1.29, 1.82) is 0 Å². The summed E-state index contributed by atoms with van der Waals surface area (Å²) in [6, 6.07) is 15.2. The number of carbonyl (C=O) groups is 2. The predicted octanol–water partition coefficient (Wildman–Crippen LogP) is 3.85. The van der Waals surface area contributed by atoms with Crippen LogP contribution in [0.4, 0.5) is 11.4 Å². The van der Waals surface area contributed by atoms with Crippen LogP contribution in [0.15, 0.2) is 65.6 Å². The van der Waals surface area contributed by atoms with Gasteiger partial charge in [0.2, 0.25) is 5.91 Å². The minimum Gasteiger partial charge on any atom is -0.493 e. The van der Waals surface area contributed by atoms with E-state index in [-0.39, 0.29) is 21.9 Å². The fraction of sp³-hybridized carbons (Fsp3) is 0.200. The first kappa shape index (κ1) is 25.6. The van der Waals surface area contributed by atoms with E-state index in [1.54, 1.807) is 18.2 Å². The smallest absolute Gasteiger partial charge is 0.337 e. The number of carboxylic acids is 1. The molecule has 0 bridgehead atoms. The highest BCUT2D eigenvalue weighted by atomic mass is 32.2. The summed E-state index contributed by atoms with van der Waals surface area (Å²) in [5.74, 6) is -1.35. The van der Waals surface area contributed by atoms with E-state index in [0.717, 1.165) is 15.4 Å². The number of benzene rings is 3. The lowest BCUT2D eigenvalue weighted by Crippen LogP contribution is -2.38. The number of nitrogens with one attached hydrogen (secondary N) is 1. The monoisotopic (exact) mass is 498 g/mol. The van der Waals surface area contributed by atoms with Crippen LogP contribution in [0.5, 0.6) is 11.5 Å². The largest absolute Gasteiger partial charge is 0.493 e. The van der Waals surface area contributed by atoms with Gasteiger partial charge in [-0.1, -0.05) is 18.2 Å². The molecule has 3 aromatic rings. The van der Waals surface area contributed by atoms with E-state index in [1.807, 2.05) is 19.9 Å². The SMILES string of the molecule is COc1ccc(S(=O)(=O)N(CC(=O)Nc2ccccc2C(=O)O)c2cc(C)cc(C)c2)cc1OC. The number of nitrogens with zero attached hydrogens (tertiary/aromatic N) is 1. The Hall–Kier alpha value is -4.05. The molecule has 0 radical (unpaired) electrons. The Labute approximate surface area is 204 Å². The van der Waals surface area contributed by atoms with Crippen molar-refractivity contribution >= 4 is 33.3 Å². The van der Waals surface area contributed by atoms with Gasteiger partial charge in [0.15, 0.2) is 11.5 Å². The Kier molecular flexibility index (Phi) is 7.65. The number of hydrogen-bond donors (Lipinski definition) is 2. The number of anilines is 2. The molecule has 0 aliphatic rings. The van der Waals surface area contributed by atoms with Gasteiger partial charge in [-0.2, -0.15) is 0 Å². The van der Waals surface area contributed by atoms with Gasteiger partial charge in [-0.05, 0) is 61.4 Å². The van der Waals surface area contributed by atoms with Gasteiger partial charge in [0, 0.05) is 6.07 Å². The number of ether oxygens (including phenoxy) is 2. The molecule has 0 unspecified atom stereocenters. The van der Waals surface area contributed by atoms with E-state index in [1.165, 1.54) is 50.6 Å². The van der Waals surface area contributed by atoms with E-state index in [4.69, 9.17) is 9.47 Å². The maximum atomic E-state index is 13.7. The summed E-state index contributed by atoms with van der Waals surface area (Å²) in [5.41, 5.74) is 1.86. The van der Waals surface area contributed by atoms with Crippen molar-refractivity contribution in [2.75, 3.05) is 30.4 Å². The Balaban J connectivity index is 2.05. The number of aromatic carboxylic acids is 1. The first-order chi connectivity index (χ1) is 16.6. The van der Waals surface area contributed by atoms with Gasteiger partial charge in [0.25, 0.3) is 10.0 Å². The van der Waals surface area contributed by atoms with Crippen LogP contribution in [0.25, 0.3) is 0 Å². The maximum Gasteiger partial charge on any atom is 0.337 e. The van der Waals surface area contributed by atoms with Crippen molar-refractivity contribution in [1.82, 2.24) is 0 Å². The zero-order valence-electron chi connectivity index (χ0n) is 19.7. The maximum absolute atomic E-state index is 13.7. The van der Waals surface area contributed by atoms with Crippen LogP contribution in [-0.2, 0) is 14.8 Å². The molecule has 1 amide bonds. The normalized spacial score (nSPS) is 11.0. The minimum atomic E-state index is -4.24. The van der Waals surface area contributed by atoms with Crippen LogP contribution in [0.2, 0.25) is 0 Å². The Morgan fingerprint density at radius 1 is 0.914 bits per heavy atom. The van der Waals surface area contributed by atoms with Gasteiger partial charge in [0.1, 0.15) is 6.54 Å². The minimum absolute atomic E-state index is 0.0638. The number of para-hydroxylation sites is 1. The van der Waals surface area contributed by atoms with Gasteiger partial charge in [-0.3, -0.25) is 9.10 Å². The number of methoxy groups -OCH3 is 2. The van der Waals surface area contributed by atoms with Crippen LogP contribution in [0.1, 0.15) is 21.5 Å². The van der Waals surface area contributed by atoms with Crippen LogP contribution in [0.3, 0.4) is 0 Å². The number of sulfonamides is 1. The molecule has 3 aromatic carbocycles. The fourth-order valence-electron chi connectivity index (χ4n) is 3.61. The summed E-state index contributed by atoms with van der Waals surface area (Å²) >= 11 is 0. The molecule has 3 rings (SSSR count). The van der Waals surface area contributed by atoms with E-state index in [0.29, 0.717) is 11.4 Å². The zero-order valence-corrected chi connectivity index (χ0v) is 20.5. The van der Waals surface area contributed by atoms with Gasteiger partial charge < -0.3 is 19.9 Å². The highest BCUT2D eigenvalue weighted by Crippen LogP contribution is 2.32. The number of carbonyl (C=O) groups excluding carboxylic acids is 1. The summed E-state index contributed by atoms with van der Waals surface area (Å²) in [5, 5.41) is 11.9. The quantitative estimate of drug-likeness (QED) is 0.459. The molecule has 0 aromatic heterocycles. The fourth-order valence-corrected chi connectivity index (χ4v) is 5.03. The van der Waals surface area contributed by atoms with E-state index >= 15 is 0 Å². The van der Waals surface area contributed by atoms with Crippen molar-refractivity contribution in [2.45, 2.75) is 18.7 Å². The van der Waals surface area contributed by atoms with Crippen molar-refractivity contribution < 1.29 is 32.6 Å². The molecule has 0 fully saturated rings. The Morgan fingerprint density at radius 3 is 2.14 bits per heavy atom. The number of aryl methyl sites for hydroxylation is 2. The predicted molar refractivity (Wildman–Crippen MR) is 132 cm³/mol. The molecule has 2 N–H and O–H groups in total. The summed E-state index contributed by atoms with van der Waals surface area (Å²) in [4.78, 5) is 24.4. The molecule has 0 atom stereocenters.